The van der Waals surface area contributed by atoms with E-state index < -0.39 is 17.4 Å². The SMILES string of the molecule is CC1(NC(=O)Cc2csc(-c3cccc(F)c3)n2)CCCCC1C(=O)O. The molecule has 0 saturated heterocycles. The molecule has 1 aliphatic rings. The lowest BCUT2D eigenvalue weighted by atomic mass is 9.74. The molecule has 2 N–H and O–H groups in total. The molecule has 138 valence electrons. The van der Waals surface area contributed by atoms with Crippen LogP contribution in [0.3, 0.4) is 0 Å². The molecule has 1 aliphatic carbocycles. The highest BCUT2D eigenvalue weighted by Crippen LogP contribution is 2.34. The van der Waals surface area contributed by atoms with Gasteiger partial charge in [0.2, 0.25) is 5.91 Å². The lowest BCUT2D eigenvalue weighted by Crippen LogP contribution is -2.55. The quantitative estimate of drug-likeness (QED) is 0.835. The smallest absolute Gasteiger partial charge is 0.308 e. The van der Waals surface area contributed by atoms with Crippen molar-refractivity contribution in [2.45, 2.75) is 44.6 Å². The van der Waals surface area contributed by atoms with Gasteiger partial charge in [0.1, 0.15) is 10.8 Å². The summed E-state index contributed by atoms with van der Waals surface area (Å²) in [5.41, 5.74) is 0.535. The normalized spacial score (nSPS) is 22.8. The Morgan fingerprint density at radius 1 is 1.42 bits per heavy atom. The lowest BCUT2D eigenvalue weighted by molar-refractivity contribution is -0.146. The third-order valence-electron chi connectivity index (χ3n) is 4.90. The van der Waals surface area contributed by atoms with Crippen LogP contribution in [0.5, 0.6) is 0 Å². The molecule has 1 aromatic heterocycles. The van der Waals surface area contributed by atoms with Gasteiger partial charge in [-0.2, -0.15) is 0 Å². The summed E-state index contributed by atoms with van der Waals surface area (Å²) >= 11 is 1.35. The summed E-state index contributed by atoms with van der Waals surface area (Å²) in [5.74, 6) is -2.01. The Morgan fingerprint density at radius 3 is 2.96 bits per heavy atom. The van der Waals surface area contributed by atoms with Gasteiger partial charge in [-0.05, 0) is 31.9 Å². The second-order valence-corrected chi connectivity index (χ2v) is 7.79. The Bertz CT molecular complexity index is 823. The number of benzene rings is 1. The van der Waals surface area contributed by atoms with Crippen LogP contribution in [-0.2, 0) is 16.0 Å². The Balaban J connectivity index is 1.68. The van der Waals surface area contributed by atoms with E-state index in [0.717, 1.165) is 12.8 Å². The zero-order chi connectivity index (χ0) is 18.7. The van der Waals surface area contributed by atoms with Crippen LogP contribution in [-0.4, -0.2) is 27.5 Å². The van der Waals surface area contributed by atoms with Gasteiger partial charge < -0.3 is 10.4 Å². The van der Waals surface area contributed by atoms with Crippen molar-refractivity contribution < 1.29 is 19.1 Å². The molecule has 1 heterocycles. The van der Waals surface area contributed by atoms with E-state index in [9.17, 15) is 19.1 Å². The molecule has 1 aromatic carbocycles. The van der Waals surface area contributed by atoms with Crippen LogP contribution in [0, 0.1) is 11.7 Å². The summed E-state index contributed by atoms with van der Waals surface area (Å²) < 4.78 is 13.3. The topological polar surface area (TPSA) is 79.3 Å². The van der Waals surface area contributed by atoms with Crippen molar-refractivity contribution in [3.63, 3.8) is 0 Å². The number of carbonyl (C=O) groups excluding carboxylic acids is 1. The van der Waals surface area contributed by atoms with Gasteiger partial charge in [0, 0.05) is 10.9 Å². The van der Waals surface area contributed by atoms with Crippen molar-refractivity contribution >= 4 is 23.2 Å². The number of amides is 1. The minimum Gasteiger partial charge on any atom is -0.481 e. The van der Waals surface area contributed by atoms with Gasteiger partial charge in [-0.15, -0.1) is 11.3 Å². The zero-order valence-electron chi connectivity index (χ0n) is 14.5. The van der Waals surface area contributed by atoms with Crippen LogP contribution >= 0.6 is 11.3 Å². The van der Waals surface area contributed by atoms with Crippen LogP contribution < -0.4 is 5.32 Å². The fraction of sp³-hybridized carbons (Fsp3) is 0.421. The van der Waals surface area contributed by atoms with Gasteiger partial charge in [0.25, 0.3) is 0 Å². The molecule has 2 unspecified atom stereocenters. The predicted molar refractivity (Wildman–Crippen MR) is 97.4 cm³/mol. The molecule has 0 spiro atoms. The minimum absolute atomic E-state index is 0.0771. The second-order valence-electron chi connectivity index (χ2n) is 6.93. The first-order chi connectivity index (χ1) is 12.4. The molecule has 2 atom stereocenters. The van der Waals surface area contributed by atoms with Crippen molar-refractivity contribution in [2.24, 2.45) is 5.92 Å². The number of thiazole rings is 1. The van der Waals surface area contributed by atoms with E-state index in [2.05, 4.69) is 10.3 Å². The number of rotatable bonds is 5. The Hall–Kier alpha value is -2.28. The Kier molecular flexibility index (Phi) is 5.36. The van der Waals surface area contributed by atoms with Crippen molar-refractivity contribution in [3.8, 4) is 10.6 Å². The second kappa shape index (κ2) is 7.53. The van der Waals surface area contributed by atoms with Gasteiger partial charge in [0.15, 0.2) is 0 Å². The van der Waals surface area contributed by atoms with Gasteiger partial charge in [-0.1, -0.05) is 25.0 Å². The van der Waals surface area contributed by atoms with Crippen molar-refractivity contribution in [1.82, 2.24) is 10.3 Å². The summed E-state index contributed by atoms with van der Waals surface area (Å²) in [7, 11) is 0. The predicted octanol–water partition coefficient (Wildman–Crippen LogP) is 3.64. The number of nitrogens with one attached hydrogen (secondary N) is 1. The van der Waals surface area contributed by atoms with Gasteiger partial charge in [-0.25, -0.2) is 9.37 Å². The fourth-order valence-electron chi connectivity index (χ4n) is 3.55. The highest BCUT2D eigenvalue weighted by molar-refractivity contribution is 7.13. The molecule has 5 nitrogen and oxygen atoms in total. The Morgan fingerprint density at radius 2 is 2.23 bits per heavy atom. The minimum atomic E-state index is -0.866. The molecule has 1 amide bonds. The van der Waals surface area contributed by atoms with Gasteiger partial charge in [-0.3, -0.25) is 9.59 Å². The molecule has 1 saturated carbocycles. The maximum atomic E-state index is 13.3. The average Bonchev–Trinajstić information content (AvgIpc) is 3.02. The highest BCUT2D eigenvalue weighted by atomic mass is 32.1. The summed E-state index contributed by atoms with van der Waals surface area (Å²) in [4.78, 5) is 28.4. The summed E-state index contributed by atoms with van der Waals surface area (Å²) in [6, 6.07) is 6.17. The average molecular weight is 376 g/mol. The standard InChI is InChI=1S/C19H21FN2O3S/c1-19(8-3-2-7-15(19)18(24)25)22-16(23)10-14-11-26-17(21-14)12-5-4-6-13(20)9-12/h4-6,9,11,15H,2-3,7-8,10H2,1H3,(H,22,23)(H,24,25). The number of halogens is 1. The number of carbonyl (C=O) groups is 2. The van der Waals surface area contributed by atoms with Crippen molar-refractivity contribution in [1.29, 1.82) is 0 Å². The molecule has 0 aliphatic heterocycles. The molecular weight excluding hydrogens is 355 g/mol. The number of carboxylic acids is 1. The lowest BCUT2D eigenvalue weighted by Gasteiger charge is -2.39. The zero-order valence-corrected chi connectivity index (χ0v) is 15.3. The summed E-state index contributed by atoms with van der Waals surface area (Å²) in [6.45, 7) is 1.81. The number of nitrogens with zero attached hydrogens (tertiary/aromatic N) is 1. The fourth-order valence-corrected chi connectivity index (χ4v) is 4.37. The maximum absolute atomic E-state index is 13.3. The molecule has 3 rings (SSSR count). The van der Waals surface area contributed by atoms with E-state index in [1.54, 1.807) is 17.5 Å². The van der Waals surface area contributed by atoms with E-state index >= 15 is 0 Å². The number of carboxylic acid groups (broad SMARTS) is 1. The molecule has 0 bridgehead atoms. The van der Waals surface area contributed by atoms with E-state index in [1.807, 2.05) is 6.92 Å². The van der Waals surface area contributed by atoms with E-state index in [4.69, 9.17) is 0 Å². The third kappa shape index (κ3) is 4.09. The summed E-state index contributed by atoms with van der Waals surface area (Å²) in [6.07, 6.45) is 3.08. The van der Waals surface area contributed by atoms with Crippen LogP contribution in [0.25, 0.3) is 10.6 Å². The van der Waals surface area contributed by atoms with Gasteiger partial charge >= 0.3 is 5.97 Å². The summed E-state index contributed by atoms with van der Waals surface area (Å²) in [5, 5.41) is 14.8. The van der Waals surface area contributed by atoms with Gasteiger partial charge in [0.05, 0.1) is 23.6 Å². The third-order valence-corrected chi connectivity index (χ3v) is 5.84. The molecule has 7 heteroatoms. The number of aliphatic carboxylic acids is 1. The monoisotopic (exact) mass is 376 g/mol. The first-order valence-corrected chi connectivity index (χ1v) is 9.49. The molecular formula is C19H21FN2O3S. The maximum Gasteiger partial charge on any atom is 0.308 e. The molecule has 1 fully saturated rings. The highest BCUT2D eigenvalue weighted by Gasteiger charge is 2.42. The first-order valence-electron chi connectivity index (χ1n) is 8.61. The number of hydrogen-bond acceptors (Lipinski definition) is 4. The number of hydrogen-bond donors (Lipinski definition) is 2. The van der Waals surface area contributed by atoms with E-state index in [1.165, 1.54) is 23.5 Å². The van der Waals surface area contributed by atoms with Crippen LogP contribution in [0.2, 0.25) is 0 Å². The molecule has 26 heavy (non-hydrogen) atoms. The van der Waals surface area contributed by atoms with E-state index in [-0.39, 0.29) is 18.1 Å². The molecule has 2 aromatic rings. The van der Waals surface area contributed by atoms with Crippen LogP contribution in [0.1, 0.15) is 38.3 Å². The number of aromatic nitrogens is 1. The van der Waals surface area contributed by atoms with Crippen molar-refractivity contribution in [2.75, 3.05) is 0 Å². The largest absolute Gasteiger partial charge is 0.481 e. The van der Waals surface area contributed by atoms with Crippen molar-refractivity contribution in [3.05, 3.63) is 41.2 Å². The van der Waals surface area contributed by atoms with Crippen LogP contribution in [0.15, 0.2) is 29.6 Å². The molecule has 0 radical (unpaired) electrons. The van der Waals surface area contributed by atoms with Crippen LogP contribution in [0.4, 0.5) is 4.39 Å². The first kappa shape index (κ1) is 18.5. The van der Waals surface area contributed by atoms with E-state index in [0.29, 0.717) is 29.1 Å². The Labute approximate surface area is 155 Å².